The Bertz CT molecular complexity index is 411. The minimum absolute atomic E-state index is 0.356. The highest BCUT2D eigenvalue weighted by Crippen LogP contribution is 2.33. The van der Waals surface area contributed by atoms with E-state index in [0.717, 1.165) is 39.4 Å². The molecule has 1 saturated heterocycles. The summed E-state index contributed by atoms with van der Waals surface area (Å²) < 4.78 is 5.54. The number of pyridine rings is 1. The molecular weight excluding hydrogens is 262 g/mol. The molecule has 0 amide bonds. The van der Waals surface area contributed by atoms with Crippen LogP contribution in [0.5, 0.6) is 0 Å². The standard InChI is InChI=1S/C17H27N3O/c1-2-6-17(7-3-1,20-10-12-21-13-11-20)15-19-14-16-4-8-18-9-5-16/h4-5,8-9,19H,1-3,6-7,10-15H2. The molecule has 2 fully saturated rings. The molecule has 0 spiro atoms. The minimum atomic E-state index is 0.356. The second-order valence-corrected chi connectivity index (χ2v) is 6.34. The van der Waals surface area contributed by atoms with Crippen LogP contribution in [-0.4, -0.2) is 48.3 Å². The molecule has 1 aromatic heterocycles. The number of hydrogen-bond acceptors (Lipinski definition) is 4. The van der Waals surface area contributed by atoms with E-state index in [1.54, 1.807) is 0 Å². The monoisotopic (exact) mass is 289 g/mol. The van der Waals surface area contributed by atoms with Crippen molar-refractivity contribution in [2.24, 2.45) is 0 Å². The number of nitrogens with one attached hydrogen (secondary N) is 1. The second kappa shape index (κ2) is 7.34. The van der Waals surface area contributed by atoms with Gasteiger partial charge in [-0.2, -0.15) is 0 Å². The molecule has 116 valence electrons. The molecule has 0 aromatic carbocycles. The summed E-state index contributed by atoms with van der Waals surface area (Å²) in [6.07, 6.45) is 10.5. The van der Waals surface area contributed by atoms with Gasteiger partial charge in [-0.25, -0.2) is 0 Å². The third-order valence-electron chi connectivity index (χ3n) is 5.00. The molecule has 4 heteroatoms. The first-order chi connectivity index (χ1) is 10.4. The van der Waals surface area contributed by atoms with Crippen molar-refractivity contribution in [2.45, 2.75) is 44.2 Å². The van der Waals surface area contributed by atoms with Crippen LogP contribution in [0.25, 0.3) is 0 Å². The smallest absolute Gasteiger partial charge is 0.0594 e. The summed E-state index contributed by atoms with van der Waals surface area (Å²) in [5.41, 5.74) is 1.67. The van der Waals surface area contributed by atoms with Crippen molar-refractivity contribution in [1.29, 1.82) is 0 Å². The van der Waals surface area contributed by atoms with E-state index in [1.807, 2.05) is 12.4 Å². The van der Waals surface area contributed by atoms with Crippen molar-refractivity contribution in [2.75, 3.05) is 32.8 Å². The van der Waals surface area contributed by atoms with Gasteiger partial charge >= 0.3 is 0 Å². The lowest BCUT2D eigenvalue weighted by molar-refractivity contribution is -0.0369. The molecule has 2 heterocycles. The van der Waals surface area contributed by atoms with Crippen LogP contribution in [0.1, 0.15) is 37.7 Å². The number of aromatic nitrogens is 1. The maximum Gasteiger partial charge on any atom is 0.0594 e. The topological polar surface area (TPSA) is 37.4 Å². The Morgan fingerprint density at radius 1 is 1.10 bits per heavy atom. The van der Waals surface area contributed by atoms with Crippen molar-refractivity contribution < 1.29 is 4.74 Å². The first kappa shape index (κ1) is 14.9. The lowest BCUT2D eigenvalue weighted by atomic mass is 9.79. The normalized spacial score (nSPS) is 23.0. The summed E-state index contributed by atoms with van der Waals surface area (Å²) in [5, 5.41) is 3.70. The van der Waals surface area contributed by atoms with Gasteiger partial charge in [0.2, 0.25) is 0 Å². The van der Waals surface area contributed by atoms with E-state index in [2.05, 4.69) is 27.3 Å². The number of rotatable bonds is 5. The van der Waals surface area contributed by atoms with Gasteiger partial charge in [-0.1, -0.05) is 19.3 Å². The van der Waals surface area contributed by atoms with Crippen LogP contribution in [0, 0.1) is 0 Å². The summed E-state index contributed by atoms with van der Waals surface area (Å²) in [4.78, 5) is 6.77. The molecule has 1 aliphatic carbocycles. The molecule has 0 radical (unpaired) electrons. The molecular formula is C17H27N3O. The average molecular weight is 289 g/mol. The summed E-state index contributed by atoms with van der Waals surface area (Å²) in [6, 6.07) is 4.19. The van der Waals surface area contributed by atoms with Gasteiger partial charge in [0.05, 0.1) is 13.2 Å². The van der Waals surface area contributed by atoms with Gasteiger partial charge in [-0.3, -0.25) is 9.88 Å². The number of morpholine rings is 1. The van der Waals surface area contributed by atoms with Crippen molar-refractivity contribution in [1.82, 2.24) is 15.2 Å². The highest BCUT2D eigenvalue weighted by atomic mass is 16.5. The third-order valence-corrected chi connectivity index (χ3v) is 5.00. The van der Waals surface area contributed by atoms with E-state index in [0.29, 0.717) is 5.54 Å². The first-order valence-corrected chi connectivity index (χ1v) is 8.32. The molecule has 4 nitrogen and oxygen atoms in total. The molecule has 1 saturated carbocycles. The van der Waals surface area contributed by atoms with Crippen LogP contribution in [0.15, 0.2) is 24.5 Å². The van der Waals surface area contributed by atoms with Crippen molar-refractivity contribution >= 4 is 0 Å². The maximum absolute atomic E-state index is 5.54. The quantitative estimate of drug-likeness (QED) is 0.902. The van der Waals surface area contributed by atoms with Gasteiger partial charge in [0.15, 0.2) is 0 Å². The summed E-state index contributed by atoms with van der Waals surface area (Å²) in [7, 11) is 0. The number of ether oxygens (including phenoxy) is 1. The molecule has 0 atom stereocenters. The van der Waals surface area contributed by atoms with Gasteiger partial charge in [0, 0.05) is 44.1 Å². The van der Waals surface area contributed by atoms with E-state index in [4.69, 9.17) is 4.74 Å². The SMILES string of the molecule is c1cc(CNCC2(N3CCOCC3)CCCCC2)ccn1. The highest BCUT2D eigenvalue weighted by molar-refractivity contribution is 5.09. The molecule has 0 unspecified atom stereocenters. The average Bonchev–Trinajstić information content (AvgIpc) is 2.58. The summed E-state index contributed by atoms with van der Waals surface area (Å²) in [5.74, 6) is 0. The molecule has 0 bridgehead atoms. The minimum Gasteiger partial charge on any atom is -0.379 e. The van der Waals surface area contributed by atoms with Crippen molar-refractivity contribution in [3.63, 3.8) is 0 Å². The van der Waals surface area contributed by atoms with Crippen LogP contribution < -0.4 is 5.32 Å². The number of nitrogens with zero attached hydrogens (tertiary/aromatic N) is 2. The van der Waals surface area contributed by atoms with Crippen LogP contribution in [0.4, 0.5) is 0 Å². The highest BCUT2D eigenvalue weighted by Gasteiger charge is 2.38. The second-order valence-electron chi connectivity index (χ2n) is 6.34. The fourth-order valence-electron chi connectivity index (χ4n) is 3.79. The number of hydrogen-bond donors (Lipinski definition) is 1. The molecule has 1 N–H and O–H groups in total. The Morgan fingerprint density at radius 2 is 1.81 bits per heavy atom. The fraction of sp³-hybridized carbons (Fsp3) is 0.706. The maximum atomic E-state index is 5.54. The Balaban J connectivity index is 1.59. The molecule has 2 aliphatic rings. The Kier molecular flexibility index (Phi) is 5.22. The predicted octanol–water partition coefficient (Wildman–Crippen LogP) is 2.21. The van der Waals surface area contributed by atoms with E-state index in [1.165, 1.54) is 37.7 Å². The molecule has 3 rings (SSSR count). The lowest BCUT2D eigenvalue weighted by Crippen LogP contribution is -2.59. The Hall–Kier alpha value is -0.970. The Labute approximate surface area is 127 Å². The van der Waals surface area contributed by atoms with E-state index in [-0.39, 0.29) is 0 Å². The Morgan fingerprint density at radius 3 is 2.52 bits per heavy atom. The van der Waals surface area contributed by atoms with Gasteiger partial charge in [-0.15, -0.1) is 0 Å². The van der Waals surface area contributed by atoms with E-state index < -0.39 is 0 Å². The van der Waals surface area contributed by atoms with Crippen molar-refractivity contribution in [3.8, 4) is 0 Å². The van der Waals surface area contributed by atoms with Crippen molar-refractivity contribution in [3.05, 3.63) is 30.1 Å². The predicted molar refractivity (Wildman–Crippen MR) is 84.2 cm³/mol. The van der Waals surface area contributed by atoms with Gasteiger partial charge in [0.25, 0.3) is 0 Å². The van der Waals surface area contributed by atoms with Crippen LogP contribution in [-0.2, 0) is 11.3 Å². The summed E-state index contributed by atoms with van der Waals surface area (Å²) >= 11 is 0. The lowest BCUT2D eigenvalue weighted by Gasteiger charge is -2.48. The first-order valence-electron chi connectivity index (χ1n) is 8.32. The molecule has 1 aliphatic heterocycles. The van der Waals surface area contributed by atoms with Crippen LogP contribution in [0.2, 0.25) is 0 Å². The van der Waals surface area contributed by atoms with E-state index >= 15 is 0 Å². The summed E-state index contributed by atoms with van der Waals surface area (Å²) in [6.45, 7) is 6.01. The fourth-order valence-corrected chi connectivity index (χ4v) is 3.79. The van der Waals surface area contributed by atoms with Crippen LogP contribution in [0.3, 0.4) is 0 Å². The zero-order valence-corrected chi connectivity index (χ0v) is 12.9. The van der Waals surface area contributed by atoms with Gasteiger partial charge < -0.3 is 10.1 Å². The third kappa shape index (κ3) is 3.82. The van der Waals surface area contributed by atoms with E-state index in [9.17, 15) is 0 Å². The zero-order chi connectivity index (χ0) is 14.4. The zero-order valence-electron chi connectivity index (χ0n) is 12.9. The largest absolute Gasteiger partial charge is 0.379 e. The van der Waals surface area contributed by atoms with Crippen LogP contribution >= 0.6 is 0 Å². The molecule has 21 heavy (non-hydrogen) atoms. The van der Waals surface area contributed by atoms with Gasteiger partial charge in [-0.05, 0) is 30.5 Å². The van der Waals surface area contributed by atoms with Gasteiger partial charge in [0.1, 0.15) is 0 Å². The molecule has 1 aromatic rings.